The lowest BCUT2D eigenvalue weighted by Crippen LogP contribution is -2.00. The quantitative estimate of drug-likeness (QED) is 0.700. The number of nitrogens with zero attached hydrogens (tertiary/aromatic N) is 2. The average Bonchev–Trinajstić information content (AvgIpc) is 2.75. The smallest absolute Gasteiger partial charge is 0.123 e. The van der Waals surface area contributed by atoms with Crippen LogP contribution >= 0.6 is 15.9 Å². The molecule has 102 valence electrons. The second kappa shape index (κ2) is 5.37. The molecule has 3 rings (SSSR count). The molecule has 4 heteroatoms. The zero-order chi connectivity index (χ0) is 14.1. The summed E-state index contributed by atoms with van der Waals surface area (Å²) in [6, 6.07) is 12.7. The first-order chi connectivity index (χ1) is 9.63. The summed E-state index contributed by atoms with van der Waals surface area (Å²) < 4.78 is 16.0. The highest BCUT2D eigenvalue weighted by molar-refractivity contribution is 9.10. The fourth-order valence-corrected chi connectivity index (χ4v) is 2.69. The van der Waals surface area contributed by atoms with Crippen LogP contribution in [0.15, 0.2) is 46.9 Å². The van der Waals surface area contributed by atoms with E-state index in [1.807, 2.05) is 31.3 Å². The van der Waals surface area contributed by atoms with Crippen LogP contribution in [0.1, 0.15) is 11.4 Å². The van der Waals surface area contributed by atoms with E-state index in [1.165, 1.54) is 12.1 Å². The summed E-state index contributed by atoms with van der Waals surface area (Å²) in [5.74, 6) is 0.851. The van der Waals surface area contributed by atoms with Gasteiger partial charge in [-0.3, -0.25) is 0 Å². The van der Waals surface area contributed by atoms with Gasteiger partial charge in [-0.15, -0.1) is 0 Å². The Kier molecular flexibility index (Phi) is 3.57. The number of imidazole rings is 1. The summed E-state index contributed by atoms with van der Waals surface area (Å²) in [4.78, 5) is 4.65. The Balaban J connectivity index is 1.84. The first-order valence-corrected chi connectivity index (χ1v) is 7.28. The molecule has 2 nitrogen and oxygen atoms in total. The first-order valence-electron chi connectivity index (χ1n) is 6.49. The van der Waals surface area contributed by atoms with Crippen LogP contribution in [0.25, 0.3) is 11.0 Å². The third-order valence-corrected chi connectivity index (χ3v) is 3.98. The highest BCUT2D eigenvalue weighted by atomic mass is 79.9. The number of benzene rings is 2. The van der Waals surface area contributed by atoms with E-state index in [0.29, 0.717) is 0 Å². The van der Waals surface area contributed by atoms with Crippen LogP contribution in [0.4, 0.5) is 4.39 Å². The van der Waals surface area contributed by atoms with Crippen molar-refractivity contribution in [2.75, 3.05) is 0 Å². The van der Waals surface area contributed by atoms with E-state index in [0.717, 1.165) is 39.7 Å². The lowest BCUT2D eigenvalue weighted by Gasteiger charge is -2.03. The number of aromatic nitrogens is 2. The number of hydrogen-bond acceptors (Lipinski definition) is 1. The molecule has 0 fully saturated rings. The van der Waals surface area contributed by atoms with Crippen molar-refractivity contribution in [2.45, 2.75) is 12.8 Å². The highest BCUT2D eigenvalue weighted by Crippen LogP contribution is 2.21. The van der Waals surface area contributed by atoms with Crippen LogP contribution in [0, 0.1) is 5.82 Å². The van der Waals surface area contributed by atoms with Gasteiger partial charge in [-0.05, 0) is 42.3 Å². The van der Waals surface area contributed by atoms with Crippen LogP contribution in [-0.2, 0) is 19.9 Å². The molecule has 0 spiro atoms. The molecule has 0 atom stereocenters. The molecule has 1 aromatic heterocycles. The van der Waals surface area contributed by atoms with Gasteiger partial charge in [0, 0.05) is 17.9 Å². The molecule has 0 bridgehead atoms. The maximum absolute atomic E-state index is 12.9. The molecule has 1 heterocycles. The normalized spacial score (nSPS) is 11.2. The molecular formula is C16H14BrFN2. The Morgan fingerprint density at radius 1 is 1.10 bits per heavy atom. The van der Waals surface area contributed by atoms with E-state index in [2.05, 4.69) is 31.5 Å². The van der Waals surface area contributed by atoms with Crippen LogP contribution in [0.2, 0.25) is 0 Å². The average molecular weight is 333 g/mol. The largest absolute Gasteiger partial charge is 0.331 e. The third kappa shape index (κ3) is 2.61. The molecule has 2 aromatic carbocycles. The molecular weight excluding hydrogens is 319 g/mol. The Hall–Kier alpha value is -1.68. The lowest BCUT2D eigenvalue weighted by molar-refractivity contribution is 0.626. The van der Waals surface area contributed by atoms with Crippen LogP contribution in [0.3, 0.4) is 0 Å². The minimum atomic E-state index is -0.193. The first kappa shape index (κ1) is 13.3. The molecule has 0 amide bonds. The summed E-state index contributed by atoms with van der Waals surface area (Å²) in [5.41, 5.74) is 3.25. The molecule has 0 aliphatic rings. The predicted molar refractivity (Wildman–Crippen MR) is 82.2 cm³/mol. The molecule has 0 saturated heterocycles. The minimum absolute atomic E-state index is 0.193. The van der Waals surface area contributed by atoms with E-state index in [4.69, 9.17) is 0 Å². The van der Waals surface area contributed by atoms with Gasteiger partial charge in [-0.2, -0.15) is 0 Å². The van der Waals surface area contributed by atoms with Crippen molar-refractivity contribution < 1.29 is 4.39 Å². The Labute approximate surface area is 125 Å². The van der Waals surface area contributed by atoms with E-state index in [9.17, 15) is 4.39 Å². The number of aryl methyl sites for hydroxylation is 3. The van der Waals surface area contributed by atoms with E-state index < -0.39 is 0 Å². The Morgan fingerprint density at radius 3 is 2.60 bits per heavy atom. The molecule has 0 unspecified atom stereocenters. The summed E-state index contributed by atoms with van der Waals surface area (Å²) in [6.45, 7) is 0. The van der Waals surface area contributed by atoms with Crippen molar-refractivity contribution in [3.8, 4) is 0 Å². The summed E-state index contributed by atoms with van der Waals surface area (Å²) in [7, 11) is 2.03. The van der Waals surface area contributed by atoms with Gasteiger partial charge in [-0.1, -0.05) is 28.1 Å². The number of fused-ring (bicyclic) bond motifs is 1. The van der Waals surface area contributed by atoms with Crippen molar-refractivity contribution in [1.29, 1.82) is 0 Å². The van der Waals surface area contributed by atoms with Crippen molar-refractivity contribution in [3.63, 3.8) is 0 Å². The van der Waals surface area contributed by atoms with Gasteiger partial charge < -0.3 is 4.57 Å². The fourth-order valence-electron chi connectivity index (χ4n) is 2.34. The number of halogens is 2. The number of hydrogen-bond donors (Lipinski definition) is 0. The van der Waals surface area contributed by atoms with Gasteiger partial charge in [0.2, 0.25) is 0 Å². The molecule has 0 saturated carbocycles. The zero-order valence-electron chi connectivity index (χ0n) is 11.1. The Morgan fingerprint density at radius 2 is 1.85 bits per heavy atom. The van der Waals surface area contributed by atoms with Crippen LogP contribution in [0.5, 0.6) is 0 Å². The topological polar surface area (TPSA) is 17.8 Å². The third-order valence-electron chi connectivity index (χ3n) is 3.49. The van der Waals surface area contributed by atoms with E-state index in [-0.39, 0.29) is 5.82 Å². The van der Waals surface area contributed by atoms with Crippen LogP contribution < -0.4 is 0 Å². The maximum atomic E-state index is 12.9. The zero-order valence-corrected chi connectivity index (χ0v) is 12.7. The van der Waals surface area contributed by atoms with Crippen molar-refractivity contribution in [1.82, 2.24) is 9.55 Å². The van der Waals surface area contributed by atoms with Crippen molar-refractivity contribution in [3.05, 3.63) is 64.1 Å². The second-order valence-electron chi connectivity index (χ2n) is 4.85. The van der Waals surface area contributed by atoms with Gasteiger partial charge >= 0.3 is 0 Å². The van der Waals surface area contributed by atoms with Crippen molar-refractivity contribution >= 4 is 27.0 Å². The van der Waals surface area contributed by atoms with Gasteiger partial charge in [0.25, 0.3) is 0 Å². The van der Waals surface area contributed by atoms with Gasteiger partial charge in [-0.25, -0.2) is 9.37 Å². The van der Waals surface area contributed by atoms with Gasteiger partial charge in [0.1, 0.15) is 11.6 Å². The SMILES string of the molecule is Cn1c(CCc2ccc(F)cc2)nc2ccc(Br)cc21. The highest BCUT2D eigenvalue weighted by Gasteiger charge is 2.08. The summed E-state index contributed by atoms with van der Waals surface area (Å²) in [6.07, 6.45) is 1.70. The van der Waals surface area contributed by atoms with E-state index in [1.54, 1.807) is 0 Å². The fraction of sp³-hybridized carbons (Fsp3) is 0.188. The monoisotopic (exact) mass is 332 g/mol. The summed E-state index contributed by atoms with van der Waals surface area (Å²) in [5, 5.41) is 0. The predicted octanol–water partition coefficient (Wildman–Crippen LogP) is 4.26. The molecule has 0 N–H and O–H groups in total. The van der Waals surface area contributed by atoms with E-state index >= 15 is 0 Å². The molecule has 0 aliphatic carbocycles. The van der Waals surface area contributed by atoms with Crippen LogP contribution in [-0.4, -0.2) is 9.55 Å². The molecule has 0 radical (unpaired) electrons. The lowest BCUT2D eigenvalue weighted by atomic mass is 10.1. The second-order valence-corrected chi connectivity index (χ2v) is 5.76. The van der Waals surface area contributed by atoms with Gasteiger partial charge in [0.05, 0.1) is 11.0 Å². The maximum Gasteiger partial charge on any atom is 0.123 e. The molecule has 20 heavy (non-hydrogen) atoms. The Bertz CT molecular complexity index is 747. The summed E-state index contributed by atoms with van der Waals surface area (Å²) >= 11 is 3.48. The van der Waals surface area contributed by atoms with Crippen molar-refractivity contribution in [2.24, 2.45) is 7.05 Å². The minimum Gasteiger partial charge on any atom is -0.331 e. The molecule has 3 aromatic rings. The van der Waals surface area contributed by atoms with Gasteiger partial charge in [0.15, 0.2) is 0 Å². The number of rotatable bonds is 3. The standard InChI is InChI=1S/C16H14BrFN2/c1-20-15-10-12(17)5-8-14(15)19-16(20)9-4-11-2-6-13(18)7-3-11/h2-3,5-8,10H,4,9H2,1H3. The molecule has 0 aliphatic heterocycles.